The van der Waals surface area contributed by atoms with Crippen LogP contribution < -0.4 is 0 Å². The molecule has 0 heterocycles. The minimum absolute atomic E-state index is 0. The number of aliphatic hydroxyl groups is 1. The lowest BCUT2D eigenvalue weighted by molar-refractivity contribution is 0.283. The third-order valence-electron chi connectivity index (χ3n) is 1.07. The maximum Gasteiger partial charge on any atom is 0.0431 e. The van der Waals surface area contributed by atoms with E-state index in [0.29, 0.717) is 6.61 Å². The SMILES string of the molecule is Cl.OCCCCCCS. The highest BCUT2D eigenvalue weighted by molar-refractivity contribution is 7.80. The number of unbranched alkanes of at least 4 members (excludes halogenated alkanes) is 3. The van der Waals surface area contributed by atoms with Gasteiger partial charge in [0.05, 0.1) is 0 Å². The van der Waals surface area contributed by atoms with E-state index in [1.165, 1.54) is 12.8 Å². The molecule has 0 spiro atoms. The summed E-state index contributed by atoms with van der Waals surface area (Å²) in [5, 5.41) is 8.35. The van der Waals surface area contributed by atoms with Crippen molar-refractivity contribution in [1.29, 1.82) is 0 Å². The van der Waals surface area contributed by atoms with Crippen LogP contribution in [0, 0.1) is 0 Å². The van der Waals surface area contributed by atoms with Crippen molar-refractivity contribution in [3.8, 4) is 0 Å². The summed E-state index contributed by atoms with van der Waals surface area (Å²) in [6.45, 7) is 0.340. The van der Waals surface area contributed by atoms with Crippen molar-refractivity contribution in [3.05, 3.63) is 0 Å². The highest BCUT2D eigenvalue weighted by Crippen LogP contribution is 1.98. The zero-order valence-corrected chi connectivity index (χ0v) is 7.26. The first-order valence-electron chi connectivity index (χ1n) is 3.13. The van der Waals surface area contributed by atoms with Crippen LogP contribution >= 0.6 is 25.0 Å². The van der Waals surface area contributed by atoms with E-state index in [4.69, 9.17) is 5.11 Å². The Balaban J connectivity index is 0. The van der Waals surface area contributed by atoms with Gasteiger partial charge in [-0.25, -0.2) is 0 Å². The standard InChI is InChI=1S/C6H14OS.ClH/c7-5-3-1-2-4-6-8;/h7-8H,1-6H2;1H. The molecule has 0 unspecified atom stereocenters. The first-order valence-corrected chi connectivity index (χ1v) is 3.76. The van der Waals surface area contributed by atoms with Crippen LogP contribution in [0.2, 0.25) is 0 Å². The molecule has 0 bridgehead atoms. The van der Waals surface area contributed by atoms with Gasteiger partial charge in [-0.2, -0.15) is 12.6 Å². The monoisotopic (exact) mass is 170 g/mol. The van der Waals surface area contributed by atoms with Crippen molar-refractivity contribution in [3.63, 3.8) is 0 Å². The fourth-order valence-electron chi connectivity index (χ4n) is 0.577. The van der Waals surface area contributed by atoms with Gasteiger partial charge >= 0.3 is 0 Å². The topological polar surface area (TPSA) is 20.2 Å². The van der Waals surface area contributed by atoms with Crippen molar-refractivity contribution < 1.29 is 5.11 Å². The smallest absolute Gasteiger partial charge is 0.0431 e. The van der Waals surface area contributed by atoms with Gasteiger partial charge in [0.1, 0.15) is 0 Å². The minimum Gasteiger partial charge on any atom is -0.396 e. The highest BCUT2D eigenvalue weighted by atomic mass is 35.5. The third-order valence-corrected chi connectivity index (χ3v) is 1.38. The molecule has 9 heavy (non-hydrogen) atoms. The van der Waals surface area contributed by atoms with E-state index in [2.05, 4.69) is 12.6 Å². The average Bonchev–Trinajstić information content (AvgIpc) is 1.81. The van der Waals surface area contributed by atoms with Crippen LogP contribution in [0.3, 0.4) is 0 Å². The fraction of sp³-hybridized carbons (Fsp3) is 1.00. The van der Waals surface area contributed by atoms with Crippen LogP contribution in [-0.2, 0) is 0 Å². The van der Waals surface area contributed by atoms with E-state index in [-0.39, 0.29) is 12.4 Å². The molecule has 0 fully saturated rings. The maximum atomic E-state index is 8.35. The van der Waals surface area contributed by atoms with Crippen molar-refractivity contribution in [2.24, 2.45) is 0 Å². The molecule has 0 amide bonds. The Kier molecular flexibility index (Phi) is 15.6. The third kappa shape index (κ3) is 11.9. The molecule has 0 aromatic rings. The van der Waals surface area contributed by atoms with Crippen LogP contribution in [0.5, 0.6) is 0 Å². The quantitative estimate of drug-likeness (QED) is 0.477. The summed E-state index contributed by atoms with van der Waals surface area (Å²) >= 11 is 4.06. The van der Waals surface area contributed by atoms with Gasteiger partial charge in [-0.15, -0.1) is 12.4 Å². The van der Waals surface area contributed by atoms with E-state index in [1.807, 2.05) is 0 Å². The van der Waals surface area contributed by atoms with Crippen LogP contribution in [0.25, 0.3) is 0 Å². The molecule has 0 radical (unpaired) electrons. The Morgan fingerprint density at radius 3 is 2.00 bits per heavy atom. The van der Waals surface area contributed by atoms with Gasteiger partial charge in [-0.3, -0.25) is 0 Å². The molecule has 0 atom stereocenters. The molecule has 0 aliphatic rings. The lowest BCUT2D eigenvalue weighted by Gasteiger charge is -1.93. The molecule has 1 nitrogen and oxygen atoms in total. The number of thiol groups is 1. The van der Waals surface area contributed by atoms with Crippen LogP contribution in [0.4, 0.5) is 0 Å². The molecule has 58 valence electrons. The summed E-state index contributed by atoms with van der Waals surface area (Å²) in [6.07, 6.45) is 4.50. The maximum absolute atomic E-state index is 8.35. The fourth-order valence-corrected chi connectivity index (χ4v) is 0.801. The van der Waals surface area contributed by atoms with Crippen molar-refractivity contribution >= 4 is 25.0 Å². The first kappa shape index (κ1) is 12.3. The first-order chi connectivity index (χ1) is 3.91. The molecule has 0 saturated carbocycles. The molecule has 0 saturated heterocycles. The summed E-state index contributed by atoms with van der Waals surface area (Å²) in [6, 6.07) is 0. The largest absolute Gasteiger partial charge is 0.396 e. The highest BCUT2D eigenvalue weighted by Gasteiger charge is 1.84. The number of hydrogen-bond acceptors (Lipinski definition) is 2. The lowest BCUT2D eigenvalue weighted by atomic mass is 10.2. The summed E-state index contributed by atoms with van der Waals surface area (Å²) in [7, 11) is 0. The number of aliphatic hydroxyl groups excluding tert-OH is 1. The number of rotatable bonds is 5. The van der Waals surface area contributed by atoms with Crippen molar-refractivity contribution in [1.82, 2.24) is 0 Å². The average molecular weight is 171 g/mol. The van der Waals surface area contributed by atoms with Gasteiger partial charge < -0.3 is 5.11 Å². The van der Waals surface area contributed by atoms with Crippen LogP contribution in [-0.4, -0.2) is 17.5 Å². The Bertz CT molecular complexity index is 38.0. The molecule has 0 aliphatic carbocycles. The molecule has 0 aromatic carbocycles. The number of halogens is 1. The number of hydrogen-bond donors (Lipinski definition) is 2. The molecule has 1 N–H and O–H groups in total. The predicted molar refractivity (Wildman–Crippen MR) is 46.7 cm³/mol. The second kappa shape index (κ2) is 11.4. The van der Waals surface area contributed by atoms with Crippen LogP contribution in [0.1, 0.15) is 25.7 Å². The van der Waals surface area contributed by atoms with E-state index >= 15 is 0 Å². The summed E-state index contributed by atoms with van der Waals surface area (Å²) in [5.74, 6) is 0.978. The summed E-state index contributed by atoms with van der Waals surface area (Å²) < 4.78 is 0. The minimum atomic E-state index is 0. The van der Waals surface area contributed by atoms with Gasteiger partial charge in [-0.05, 0) is 18.6 Å². The van der Waals surface area contributed by atoms with Crippen molar-refractivity contribution in [2.45, 2.75) is 25.7 Å². The van der Waals surface area contributed by atoms with E-state index in [1.54, 1.807) is 0 Å². The molecule has 0 aliphatic heterocycles. The Hall–Kier alpha value is 0.600. The Morgan fingerprint density at radius 2 is 1.56 bits per heavy atom. The van der Waals surface area contributed by atoms with E-state index in [0.717, 1.165) is 18.6 Å². The molecular weight excluding hydrogens is 156 g/mol. The molecule has 0 aromatic heterocycles. The molecular formula is C6H15ClOS. The van der Waals surface area contributed by atoms with E-state index in [9.17, 15) is 0 Å². The Morgan fingerprint density at radius 1 is 1.00 bits per heavy atom. The van der Waals surface area contributed by atoms with Gasteiger partial charge in [0.25, 0.3) is 0 Å². The van der Waals surface area contributed by atoms with Crippen LogP contribution in [0.15, 0.2) is 0 Å². The Labute approximate surface area is 68.7 Å². The van der Waals surface area contributed by atoms with Gasteiger partial charge in [0.2, 0.25) is 0 Å². The van der Waals surface area contributed by atoms with Crippen molar-refractivity contribution in [2.75, 3.05) is 12.4 Å². The predicted octanol–water partition coefficient (Wildman–Crippen LogP) is 1.89. The zero-order chi connectivity index (χ0) is 6.24. The summed E-state index contributed by atoms with van der Waals surface area (Å²) in [5.41, 5.74) is 0. The second-order valence-corrected chi connectivity index (χ2v) is 2.31. The van der Waals surface area contributed by atoms with Gasteiger partial charge in [0, 0.05) is 6.61 Å². The zero-order valence-electron chi connectivity index (χ0n) is 5.55. The second-order valence-electron chi connectivity index (χ2n) is 1.86. The lowest BCUT2D eigenvalue weighted by Crippen LogP contribution is -1.83. The van der Waals surface area contributed by atoms with E-state index < -0.39 is 0 Å². The van der Waals surface area contributed by atoms with Gasteiger partial charge in [-0.1, -0.05) is 12.8 Å². The molecule has 3 heteroatoms. The molecule has 0 rings (SSSR count). The normalized spacial score (nSPS) is 8.67. The van der Waals surface area contributed by atoms with Gasteiger partial charge in [0.15, 0.2) is 0 Å². The summed E-state index contributed by atoms with van der Waals surface area (Å²) in [4.78, 5) is 0.